The molecule has 2 rings (SSSR count). The Hall–Kier alpha value is -0.810. The van der Waals surface area contributed by atoms with Gasteiger partial charge in [-0.3, -0.25) is 0 Å². The van der Waals surface area contributed by atoms with E-state index in [0.717, 1.165) is 12.2 Å². The number of halogens is 1. The summed E-state index contributed by atoms with van der Waals surface area (Å²) in [5.74, 6) is 0.930. The van der Waals surface area contributed by atoms with E-state index < -0.39 is 0 Å². The summed E-state index contributed by atoms with van der Waals surface area (Å²) in [6.45, 7) is 0.643. The van der Waals surface area contributed by atoms with Crippen molar-refractivity contribution in [2.45, 2.75) is 6.42 Å². The van der Waals surface area contributed by atoms with Gasteiger partial charge in [0.1, 0.15) is 5.75 Å². The van der Waals surface area contributed by atoms with Crippen molar-refractivity contribution < 1.29 is 4.74 Å². The molecule has 0 atom stereocenters. The molecule has 16 heavy (non-hydrogen) atoms. The summed E-state index contributed by atoms with van der Waals surface area (Å²) in [5.41, 5.74) is 6.83. The van der Waals surface area contributed by atoms with Gasteiger partial charge in [0.15, 0.2) is 0 Å². The molecule has 0 fully saturated rings. The maximum Gasteiger partial charge on any atom is 0.122 e. The lowest BCUT2D eigenvalue weighted by Crippen LogP contribution is -2.04. The van der Waals surface area contributed by atoms with Crippen LogP contribution in [-0.4, -0.2) is 13.7 Å². The fourth-order valence-electron chi connectivity index (χ4n) is 1.91. The second kappa shape index (κ2) is 6.06. The summed E-state index contributed by atoms with van der Waals surface area (Å²) in [7, 11) is 1.70. The molecule has 0 heterocycles. The summed E-state index contributed by atoms with van der Waals surface area (Å²) in [6, 6.07) is 12.4. The quantitative estimate of drug-likeness (QED) is 0.879. The lowest BCUT2D eigenvalue weighted by atomic mass is 10.0. The van der Waals surface area contributed by atoms with E-state index in [1.165, 1.54) is 16.3 Å². The van der Waals surface area contributed by atoms with Crippen molar-refractivity contribution in [3.8, 4) is 5.75 Å². The molecule has 0 aromatic heterocycles. The number of hydrogen-bond acceptors (Lipinski definition) is 2. The second-order valence-corrected chi connectivity index (χ2v) is 3.51. The zero-order valence-electron chi connectivity index (χ0n) is 9.27. The second-order valence-electron chi connectivity index (χ2n) is 3.51. The van der Waals surface area contributed by atoms with Crippen LogP contribution in [0.4, 0.5) is 0 Å². The van der Waals surface area contributed by atoms with Crippen molar-refractivity contribution >= 4 is 34.7 Å². The van der Waals surface area contributed by atoms with Crippen LogP contribution in [0.2, 0.25) is 0 Å². The molecule has 2 N–H and O–H groups in total. The molecule has 0 bridgehead atoms. The molecule has 0 spiro atoms. The first kappa shape index (κ1) is 13.3. The molecule has 3 heteroatoms. The smallest absolute Gasteiger partial charge is 0.122 e. The fourth-order valence-corrected chi connectivity index (χ4v) is 1.91. The monoisotopic (exact) mass is 329 g/mol. The summed E-state index contributed by atoms with van der Waals surface area (Å²) in [6.07, 6.45) is 0.852. The molecule has 0 radical (unpaired) electrons. The van der Waals surface area contributed by atoms with E-state index in [1.54, 1.807) is 7.11 Å². The number of ether oxygens (including phenoxy) is 1. The molecule has 2 nitrogen and oxygen atoms in total. The average molecular weight is 329 g/mol. The molecule has 0 saturated heterocycles. The van der Waals surface area contributed by atoms with E-state index in [2.05, 4.69) is 18.2 Å². The van der Waals surface area contributed by atoms with Gasteiger partial charge in [0.2, 0.25) is 0 Å². The van der Waals surface area contributed by atoms with Crippen LogP contribution < -0.4 is 10.5 Å². The molecular weight excluding hydrogens is 313 g/mol. The van der Waals surface area contributed by atoms with Crippen molar-refractivity contribution in [2.24, 2.45) is 5.73 Å². The molecule has 0 aliphatic heterocycles. The van der Waals surface area contributed by atoms with E-state index in [-0.39, 0.29) is 24.0 Å². The SMILES string of the molecule is COc1ccc2ccccc2c1CCN.I. The normalized spacial score (nSPS) is 9.88. The van der Waals surface area contributed by atoms with Crippen LogP contribution in [-0.2, 0) is 6.42 Å². The first-order chi connectivity index (χ1) is 7.36. The van der Waals surface area contributed by atoms with Crippen LogP contribution in [0.25, 0.3) is 10.8 Å². The lowest BCUT2D eigenvalue weighted by molar-refractivity contribution is 0.410. The van der Waals surface area contributed by atoms with Gasteiger partial charge in [0, 0.05) is 5.56 Å². The maximum absolute atomic E-state index is 5.62. The van der Waals surface area contributed by atoms with Crippen LogP contribution in [0, 0.1) is 0 Å². The maximum atomic E-state index is 5.62. The Balaban J connectivity index is 0.00000128. The Morgan fingerprint density at radius 2 is 1.88 bits per heavy atom. The van der Waals surface area contributed by atoms with Gasteiger partial charge in [-0.05, 0) is 29.8 Å². The highest BCUT2D eigenvalue weighted by molar-refractivity contribution is 14.0. The van der Waals surface area contributed by atoms with E-state index in [0.29, 0.717) is 6.54 Å². The molecule has 0 saturated carbocycles. The van der Waals surface area contributed by atoms with Gasteiger partial charge in [-0.15, -0.1) is 24.0 Å². The molecule has 2 aromatic carbocycles. The van der Waals surface area contributed by atoms with Crippen LogP contribution in [0.15, 0.2) is 36.4 Å². The molecule has 86 valence electrons. The van der Waals surface area contributed by atoms with Gasteiger partial charge in [0.25, 0.3) is 0 Å². The minimum absolute atomic E-state index is 0. The van der Waals surface area contributed by atoms with Crippen molar-refractivity contribution in [1.29, 1.82) is 0 Å². The third kappa shape index (κ3) is 2.47. The Labute approximate surface area is 113 Å². The number of rotatable bonds is 3. The molecule has 0 aliphatic carbocycles. The van der Waals surface area contributed by atoms with Crippen molar-refractivity contribution in [3.63, 3.8) is 0 Å². The highest BCUT2D eigenvalue weighted by Crippen LogP contribution is 2.27. The highest BCUT2D eigenvalue weighted by Gasteiger charge is 2.06. The molecule has 2 aromatic rings. The Kier molecular flexibility index (Phi) is 5.02. The topological polar surface area (TPSA) is 35.2 Å². The predicted octanol–water partition coefficient (Wildman–Crippen LogP) is 2.97. The zero-order chi connectivity index (χ0) is 10.7. The van der Waals surface area contributed by atoms with Crippen LogP contribution in [0.3, 0.4) is 0 Å². The third-order valence-corrected chi connectivity index (χ3v) is 2.61. The number of hydrogen-bond donors (Lipinski definition) is 1. The molecular formula is C13H16INO. The lowest BCUT2D eigenvalue weighted by Gasteiger charge is -2.10. The van der Waals surface area contributed by atoms with Gasteiger partial charge >= 0.3 is 0 Å². The first-order valence-electron chi connectivity index (χ1n) is 5.11. The third-order valence-electron chi connectivity index (χ3n) is 2.61. The Morgan fingerprint density at radius 1 is 1.12 bits per heavy atom. The van der Waals surface area contributed by atoms with Gasteiger partial charge in [-0.1, -0.05) is 30.3 Å². The van der Waals surface area contributed by atoms with Crippen molar-refractivity contribution in [1.82, 2.24) is 0 Å². The van der Waals surface area contributed by atoms with Crippen LogP contribution in [0.5, 0.6) is 5.75 Å². The Bertz CT molecular complexity index is 470. The molecule has 0 unspecified atom stereocenters. The van der Waals surface area contributed by atoms with Gasteiger partial charge in [0.05, 0.1) is 7.11 Å². The van der Waals surface area contributed by atoms with Gasteiger partial charge < -0.3 is 10.5 Å². The minimum Gasteiger partial charge on any atom is -0.496 e. The van der Waals surface area contributed by atoms with Crippen LogP contribution >= 0.6 is 24.0 Å². The number of methoxy groups -OCH3 is 1. The number of fused-ring (bicyclic) bond motifs is 1. The summed E-state index contributed by atoms with van der Waals surface area (Å²) >= 11 is 0. The number of benzene rings is 2. The Morgan fingerprint density at radius 3 is 2.56 bits per heavy atom. The number of nitrogens with two attached hydrogens (primary N) is 1. The zero-order valence-corrected chi connectivity index (χ0v) is 11.6. The predicted molar refractivity (Wildman–Crippen MR) is 78.7 cm³/mol. The average Bonchev–Trinajstić information content (AvgIpc) is 2.30. The summed E-state index contributed by atoms with van der Waals surface area (Å²) in [4.78, 5) is 0. The molecule has 0 amide bonds. The van der Waals surface area contributed by atoms with Crippen LogP contribution in [0.1, 0.15) is 5.56 Å². The highest BCUT2D eigenvalue weighted by atomic mass is 127. The summed E-state index contributed by atoms with van der Waals surface area (Å²) in [5, 5.41) is 2.48. The molecule has 0 aliphatic rings. The standard InChI is InChI=1S/C13H15NO.HI/c1-15-13-7-6-10-4-2-3-5-11(10)12(13)8-9-14;/h2-7H,8-9,14H2,1H3;1H. The van der Waals surface area contributed by atoms with E-state index >= 15 is 0 Å². The van der Waals surface area contributed by atoms with Gasteiger partial charge in [-0.2, -0.15) is 0 Å². The van der Waals surface area contributed by atoms with E-state index in [1.807, 2.05) is 18.2 Å². The van der Waals surface area contributed by atoms with Gasteiger partial charge in [-0.25, -0.2) is 0 Å². The summed E-state index contributed by atoms with van der Waals surface area (Å²) < 4.78 is 5.35. The van der Waals surface area contributed by atoms with Crippen molar-refractivity contribution in [3.05, 3.63) is 42.0 Å². The fraction of sp³-hybridized carbons (Fsp3) is 0.231. The van der Waals surface area contributed by atoms with Crippen molar-refractivity contribution in [2.75, 3.05) is 13.7 Å². The first-order valence-corrected chi connectivity index (χ1v) is 5.11. The largest absolute Gasteiger partial charge is 0.496 e. The minimum atomic E-state index is 0. The van der Waals surface area contributed by atoms with E-state index in [9.17, 15) is 0 Å². The van der Waals surface area contributed by atoms with E-state index in [4.69, 9.17) is 10.5 Å².